The first-order valence-corrected chi connectivity index (χ1v) is 14.3. The molecule has 0 bridgehead atoms. The van der Waals surface area contributed by atoms with Gasteiger partial charge in [0, 0.05) is 36.6 Å². The number of esters is 1. The van der Waals surface area contributed by atoms with Crippen molar-refractivity contribution in [2.24, 2.45) is 0 Å². The normalized spacial score (nSPS) is 14.1. The van der Waals surface area contributed by atoms with Crippen molar-refractivity contribution in [2.75, 3.05) is 39.1 Å². The maximum Gasteiger partial charge on any atom is 0.341 e. The number of hydrogen-bond acceptors (Lipinski definition) is 7. The van der Waals surface area contributed by atoms with E-state index in [-0.39, 0.29) is 4.90 Å². The molecule has 2 heterocycles. The number of likely N-dealkylation sites (N-methyl/N-ethyl adjacent to an activating group) is 1. The maximum atomic E-state index is 13.2. The minimum atomic E-state index is -3.64. The third-order valence-electron chi connectivity index (χ3n) is 6.14. The molecule has 0 saturated heterocycles. The number of amides is 1. The molecule has 1 N–H and O–H groups in total. The van der Waals surface area contributed by atoms with Crippen molar-refractivity contribution in [2.45, 2.75) is 57.4 Å². The number of carbonyl (C=O) groups excluding carboxylic acids is 2. The van der Waals surface area contributed by atoms with Crippen LogP contribution in [0.25, 0.3) is 0 Å². The summed E-state index contributed by atoms with van der Waals surface area (Å²) in [7, 11) is -0.294. The highest BCUT2D eigenvalue weighted by atomic mass is 32.2. The molecule has 10 heteroatoms. The van der Waals surface area contributed by atoms with Crippen LogP contribution in [-0.4, -0.2) is 63.3 Å². The molecule has 1 aliphatic heterocycles. The van der Waals surface area contributed by atoms with Gasteiger partial charge in [0.15, 0.2) is 0 Å². The molecule has 2 aromatic rings. The molecule has 192 valence electrons. The topological polar surface area (TPSA) is 96.0 Å². The average molecular weight is 522 g/mol. The molecule has 0 saturated carbocycles. The maximum absolute atomic E-state index is 13.2. The van der Waals surface area contributed by atoms with Crippen LogP contribution in [-0.2, 0) is 27.7 Å². The second-order valence-electron chi connectivity index (χ2n) is 8.78. The summed E-state index contributed by atoms with van der Waals surface area (Å²) in [6.45, 7) is 6.56. The van der Waals surface area contributed by atoms with Gasteiger partial charge in [-0.3, -0.25) is 4.79 Å². The summed E-state index contributed by atoms with van der Waals surface area (Å²) in [5.74, 6) is -0.872. The Labute approximate surface area is 212 Å². The lowest BCUT2D eigenvalue weighted by atomic mass is 10.0. The largest absolute Gasteiger partial charge is 0.465 e. The number of sulfonamides is 1. The first-order valence-electron chi connectivity index (χ1n) is 12.1. The lowest BCUT2D eigenvalue weighted by Crippen LogP contribution is -2.33. The van der Waals surface area contributed by atoms with Gasteiger partial charge in [-0.1, -0.05) is 26.7 Å². The number of fused-ring (bicyclic) bond motifs is 1. The SMILES string of the molecule is CCCCN(CCCC)S(=O)(=O)c1ccc(C(=O)Nc2sc3c(c2C(=O)OC)CCN(C)C3)cc1. The lowest BCUT2D eigenvalue weighted by molar-refractivity contribution is 0.0600. The number of benzene rings is 1. The van der Waals surface area contributed by atoms with Crippen LogP contribution in [0.4, 0.5) is 5.00 Å². The molecule has 0 atom stereocenters. The Morgan fingerprint density at radius 1 is 1.11 bits per heavy atom. The standard InChI is InChI=1S/C25H35N3O5S2/c1-5-7-14-28(15-8-6-2)35(31,32)19-11-9-18(10-12-19)23(29)26-24-22(25(30)33-4)20-13-16-27(3)17-21(20)34-24/h9-12H,5-8,13-17H2,1-4H3,(H,26,29). The van der Waals surface area contributed by atoms with Crippen molar-refractivity contribution in [3.05, 3.63) is 45.8 Å². The van der Waals surface area contributed by atoms with Crippen LogP contribution >= 0.6 is 11.3 Å². The van der Waals surface area contributed by atoms with E-state index >= 15 is 0 Å². The van der Waals surface area contributed by atoms with Crippen LogP contribution in [0, 0.1) is 0 Å². The van der Waals surface area contributed by atoms with E-state index in [0.29, 0.717) is 42.2 Å². The number of methoxy groups -OCH3 is 1. The summed E-state index contributed by atoms with van der Waals surface area (Å²) in [5.41, 5.74) is 1.66. The Bertz CT molecular complexity index is 1130. The number of thiophene rings is 1. The van der Waals surface area contributed by atoms with E-state index in [4.69, 9.17) is 4.74 Å². The predicted octanol–water partition coefficient (Wildman–Crippen LogP) is 4.37. The zero-order valence-electron chi connectivity index (χ0n) is 20.9. The lowest BCUT2D eigenvalue weighted by Gasteiger charge is -2.22. The molecule has 1 aliphatic rings. The highest BCUT2D eigenvalue weighted by Gasteiger charge is 2.29. The van der Waals surface area contributed by atoms with Crippen LogP contribution < -0.4 is 5.32 Å². The predicted molar refractivity (Wildman–Crippen MR) is 139 cm³/mol. The first-order chi connectivity index (χ1) is 16.7. The summed E-state index contributed by atoms with van der Waals surface area (Å²) < 4.78 is 32.9. The molecule has 1 aromatic heterocycles. The number of anilines is 1. The van der Waals surface area contributed by atoms with Crippen molar-refractivity contribution < 1.29 is 22.7 Å². The Kier molecular flexibility index (Phi) is 9.46. The molecule has 0 aliphatic carbocycles. The monoisotopic (exact) mass is 521 g/mol. The molecular formula is C25H35N3O5S2. The highest BCUT2D eigenvalue weighted by Crippen LogP contribution is 2.37. The van der Waals surface area contributed by atoms with Crippen molar-refractivity contribution in [3.8, 4) is 0 Å². The third kappa shape index (κ3) is 6.30. The first kappa shape index (κ1) is 27.3. The van der Waals surface area contributed by atoms with E-state index in [9.17, 15) is 18.0 Å². The molecule has 0 spiro atoms. The summed E-state index contributed by atoms with van der Waals surface area (Å²) in [6.07, 6.45) is 4.13. The molecule has 0 radical (unpaired) electrons. The number of nitrogens with one attached hydrogen (secondary N) is 1. The van der Waals surface area contributed by atoms with Gasteiger partial charge in [-0.15, -0.1) is 11.3 Å². The van der Waals surface area contributed by atoms with Crippen LogP contribution in [0.5, 0.6) is 0 Å². The van der Waals surface area contributed by atoms with E-state index in [1.54, 1.807) is 0 Å². The van der Waals surface area contributed by atoms with Crippen LogP contribution in [0.3, 0.4) is 0 Å². The Morgan fingerprint density at radius 2 is 1.74 bits per heavy atom. The van der Waals surface area contributed by atoms with E-state index in [1.807, 2.05) is 20.9 Å². The fraction of sp³-hybridized carbons (Fsp3) is 0.520. The Balaban J connectivity index is 1.81. The van der Waals surface area contributed by atoms with E-state index in [1.165, 1.54) is 47.0 Å². The van der Waals surface area contributed by atoms with Gasteiger partial charge in [0.2, 0.25) is 10.0 Å². The van der Waals surface area contributed by atoms with Crippen molar-refractivity contribution >= 4 is 38.2 Å². The molecule has 8 nitrogen and oxygen atoms in total. The number of carbonyl (C=O) groups is 2. The quantitative estimate of drug-likeness (QED) is 0.441. The van der Waals surface area contributed by atoms with Gasteiger partial charge in [-0.05, 0) is 56.1 Å². The Hall–Kier alpha value is -2.27. The van der Waals surface area contributed by atoms with Crippen LogP contribution in [0.2, 0.25) is 0 Å². The summed E-state index contributed by atoms with van der Waals surface area (Å²) in [4.78, 5) is 28.9. The van der Waals surface area contributed by atoms with Crippen molar-refractivity contribution in [1.82, 2.24) is 9.21 Å². The van der Waals surface area contributed by atoms with Gasteiger partial charge >= 0.3 is 5.97 Å². The van der Waals surface area contributed by atoms with Gasteiger partial charge < -0.3 is 15.0 Å². The number of nitrogens with zero attached hydrogens (tertiary/aromatic N) is 2. The van der Waals surface area contributed by atoms with E-state index < -0.39 is 21.9 Å². The van der Waals surface area contributed by atoms with Crippen molar-refractivity contribution in [3.63, 3.8) is 0 Å². The van der Waals surface area contributed by atoms with E-state index in [0.717, 1.165) is 42.7 Å². The minimum absolute atomic E-state index is 0.172. The summed E-state index contributed by atoms with van der Waals surface area (Å²) in [6, 6.07) is 5.98. The second kappa shape index (κ2) is 12.1. The van der Waals surface area contributed by atoms with Gasteiger partial charge in [0.05, 0.1) is 17.6 Å². The van der Waals surface area contributed by atoms with E-state index in [2.05, 4.69) is 10.2 Å². The third-order valence-corrected chi connectivity index (χ3v) is 9.19. The molecule has 1 amide bonds. The van der Waals surface area contributed by atoms with Gasteiger partial charge in [-0.25, -0.2) is 13.2 Å². The van der Waals surface area contributed by atoms with Gasteiger partial charge in [0.1, 0.15) is 5.00 Å². The van der Waals surface area contributed by atoms with Gasteiger partial charge in [-0.2, -0.15) is 4.31 Å². The number of ether oxygens (including phenoxy) is 1. The molecular weight excluding hydrogens is 486 g/mol. The van der Waals surface area contributed by atoms with Gasteiger partial charge in [0.25, 0.3) is 5.91 Å². The smallest absolute Gasteiger partial charge is 0.341 e. The Morgan fingerprint density at radius 3 is 2.31 bits per heavy atom. The average Bonchev–Trinajstić information content (AvgIpc) is 3.20. The number of hydrogen-bond donors (Lipinski definition) is 1. The molecule has 1 aromatic carbocycles. The van der Waals surface area contributed by atoms with Crippen LogP contribution in [0.15, 0.2) is 29.2 Å². The fourth-order valence-corrected chi connectivity index (χ4v) is 6.89. The zero-order valence-corrected chi connectivity index (χ0v) is 22.6. The van der Waals surface area contributed by atoms with Crippen molar-refractivity contribution in [1.29, 1.82) is 0 Å². The summed E-state index contributed by atoms with van der Waals surface area (Å²) in [5, 5.41) is 3.31. The molecule has 0 unspecified atom stereocenters. The molecule has 35 heavy (non-hydrogen) atoms. The summed E-state index contributed by atoms with van der Waals surface area (Å²) >= 11 is 1.38. The number of unbranched alkanes of at least 4 members (excludes halogenated alkanes) is 2. The highest BCUT2D eigenvalue weighted by molar-refractivity contribution is 7.89. The zero-order chi connectivity index (χ0) is 25.6. The molecule has 0 fully saturated rings. The minimum Gasteiger partial charge on any atom is -0.465 e. The number of rotatable bonds is 11. The second-order valence-corrected chi connectivity index (χ2v) is 11.8. The van der Waals surface area contributed by atoms with Crippen LogP contribution in [0.1, 0.15) is 70.7 Å². The fourth-order valence-electron chi connectivity index (χ4n) is 4.06. The molecule has 3 rings (SSSR count).